The van der Waals surface area contributed by atoms with Crippen molar-refractivity contribution >= 4 is 5.96 Å². The highest BCUT2D eigenvalue weighted by molar-refractivity contribution is 5.79. The Balaban J connectivity index is 1.58. The molecule has 0 saturated carbocycles. The second kappa shape index (κ2) is 9.78. The van der Waals surface area contributed by atoms with E-state index in [1.54, 1.807) is 7.11 Å². The average Bonchev–Trinajstić information content (AvgIpc) is 3.14. The molecule has 0 aliphatic rings. The predicted octanol–water partition coefficient (Wildman–Crippen LogP) is 3.46. The molecule has 152 valence electrons. The summed E-state index contributed by atoms with van der Waals surface area (Å²) in [6.45, 7) is 4.33. The van der Waals surface area contributed by atoms with Gasteiger partial charge in [-0.25, -0.2) is 4.98 Å². The van der Waals surface area contributed by atoms with Gasteiger partial charge in [0.1, 0.15) is 11.6 Å². The maximum Gasteiger partial charge on any atom is 0.193 e. The van der Waals surface area contributed by atoms with Crippen molar-refractivity contribution in [2.75, 3.05) is 21.2 Å². The average molecular weight is 392 g/mol. The minimum Gasteiger partial charge on any atom is -0.497 e. The summed E-state index contributed by atoms with van der Waals surface area (Å²) in [5, 5.41) is 3.46. The third-order valence-corrected chi connectivity index (χ3v) is 4.87. The number of hydrogen-bond acceptors (Lipinski definition) is 3. The van der Waals surface area contributed by atoms with Crippen LogP contribution in [0.3, 0.4) is 0 Å². The molecule has 0 atom stereocenters. The van der Waals surface area contributed by atoms with Crippen LogP contribution in [-0.2, 0) is 19.6 Å². The Morgan fingerprint density at radius 3 is 2.55 bits per heavy atom. The summed E-state index contributed by atoms with van der Waals surface area (Å²) >= 11 is 0. The van der Waals surface area contributed by atoms with Crippen LogP contribution in [0.15, 0.2) is 65.9 Å². The molecule has 0 bridgehead atoms. The van der Waals surface area contributed by atoms with Gasteiger partial charge in [0.2, 0.25) is 0 Å². The summed E-state index contributed by atoms with van der Waals surface area (Å²) in [6, 6.07) is 16.7. The Morgan fingerprint density at radius 2 is 1.90 bits per heavy atom. The number of aliphatic imine (C=N–C) groups is 1. The maximum absolute atomic E-state index is 5.22. The third kappa shape index (κ3) is 5.60. The Labute approximate surface area is 172 Å². The molecule has 1 heterocycles. The molecule has 29 heavy (non-hydrogen) atoms. The lowest BCUT2D eigenvalue weighted by Gasteiger charge is -2.22. The molecular weight excluding hydrogens is 362 g/mol. The zero-order valence-electron chi connectivity index (χ0n) is 17.6. The van der Waals surface area contributed by atoms with E-state index in [0.29, 0.717) is 0 Å². The maximum atomic E-state index is 5.22. The fourth-order valence-corrected chi connectivity index (χ4v) is 3.25. The van der Waals surface area contributed by atoms with Crippen LogP contribution in [0.4, 0.5) is 0 Å². The highest BCUT2D eigenvalue weighted by atomic mass is 16.5. The van der Waals surface area contributed by atoms with Gasteiger partial charge in [-0.05, 0) is 35.7 Å². The fourth-order valence-electron chi connectivity index (χ4n) is 3.25. The molecule has 6 heteroatoms. The number of benzene rings is 2. The van der Waals surface area contributed by atoms with Gasteiger partial charge >= 0.3 is 0 Å². The molecule has 0 unspecified atom stereocenters. The third-order valence-electron chi connectivity index (χ3n) is 4.87. The van der Waals surface area contributed by atoms with E-state index < -0.39 is 0 Å². The predicted molar refractivity (Wildman–Crippen MR) is 117 cm³/mol. The van der Waals surface area contributed by atoms with Crippen molar-refractivity contribution < 1.29 is 4.74 Å². The Hall–Kier alpha value is -3.28. The van der Waals surface area contributed by atoms with Crippen LogP contribution in [0.1, 0.15) is 22.5 Å². The molecule has 3 aromatic rings. The number of guanidine groups is 1. The van der Waals surface area contributed by atoms with Crippen LogP contribution in [0.25, 0.3) is 0 Å². The number of nitrogens with one attached hydrogen (secondary N) is 1. The van der Waals surface area contributed by atoms with Gasteiger partial charge in [0.25, 0.3) is 0 Å². The first-order chi connectivity index (χ1) is 14.1. The molecule has 0 radical (unpaired) electrons. The monoisotopic (exact) mass is 391 g/mol. The SMILES string of the molecule is CN=C(NCc1cccc(Cn2ccnc2C)c1)N(C)Cc1ccc(OC)cc1. The molecule has 1 N–H and O–H groups in total. The summed E-state index contributed by atoms with van der Waals surface area (Å²) in [6.07, 6.45) is 3.85. The second-order valence-corrected chi connectivity index (χ2v) is 7.03. The first-order valence-electron chi connectivity index (χ1n) is 9.69. The van der Waals surface area contributed by atoms with Crippen LogP contribution in [0.5, 0.6) is 5.75 Å². The number of aromatic nitrogens is 2. The van der Waals surface area contributed by atoms with Gasteiger partial charge in [-0.1, -0.05) is 36.4 Å². The Bertz CT molecular complexity index is 946. The quantitative estimate of drug-likeness (QED) is 0.495. The van der Waals surface area contributed by atoms with E-state index in [4.69, 9.17) is 4.74 Å². The highest BCUT2D eigenvalue weighted by Gasteiger charge is 2.07. The van der Waals surface area contributed by atoms with E-state index in [-0.39, 0.29) is 0 Å². The summed E-state index contributed by atoms with van der Waals surface area (Å²) in [5.41, 5.74) is 3.68. The van der Waals surface area contributed by atoms with Crippen molar-refractivity contribution in [3.8, 4) is 5.75 Å². The molecule has 2 aromatic carbocycles. The van der Waals surface area contributed by atoms with Crippen molar-refractivity contribution in [1.29, 1.82) is 0 Å². The van der Waals surface area contributed by atoms with Gasteiger partial charge in [-0.2, -0.15) is 0 Å². The molecule has 0 saturated heterocycles. The minimum atomic E-state index is 0.719. The fraction of sp³-hybridized carbons (Fsp3) is 0.304. The molecule has 0 fully saturated rings. The summed E-state index contributed by atoms with van der Waals surface area (Å²) in [4.78, 5) is 10.8. The number of ether oxygens (including phenoxy) is 1. The number of aryl methyl sites for hydroxylation is 1. The van der Waals surface area contributed by atoms with Crippen LogP contribution in [-0.4, -0.2) is 41.6 Å². The minimum absolute atomic E-state index is 0.719. The van der Waals surface area contributed by atoms with E-state index in [1.165, 1.54) is 16.7 Å². The van der Waals surface area contributed by atoms with Gasteiger partial charge in [0.05, 0.1) is 7.11 Å². The number of hydrogen-bond donors (Lipinski definition) is 1. The van der Waals surface area contributed by atoms with Crippen molar-refractivity contribution in [3.05, 3.63) is 83.4 Å². The molecule has 1 aromatic heterocycles. The van der Waals surface area contributed by atoms with E-state index in [1.807, 2.05) is 45.5 Å². The van der Waals surface area contributed by atoms with E-state index in [2.05, 4.69) is 61.2 Å². The Kier molecular flexibility index (Phi) is 6.89. The second-order valence-electron chi connectivity index (χ2n) is 7.03. The van der Waals surface area contributed by atoms with Gasteiger partial charge in [0, 0.05) is 46.1 Å². The van der Waals surface area contributed by atoms with Gasteiger partial charge in [-0.15, -0.1) is 0 Å². The lowest BCUT2D eigenvalue weighted by Crippen LogP contribution is -2.38. The lowest BCUT2D eigenvalue weighted by molar-refractivity contribution is 0.414. The molecule has 3 rings (SSSR count). The van der Waals surface area contributed by atoms with Crippen LogP contribution in [0, 0.1) is 6.92 Å². The normalized spacial score (nSPS) is 11.4. The summed E-state index contributed by atoms with van der Waals surface area (Å²) < 4.78 is 7.37. The Morgan fingerprint density at radius 1 is 1.14 bits per heavy atom. The largest absolute Gasteiger partial charge is 0.497 e. The van der Waals surface area contributed by atoms with Crippen molar-refractivity contribution in [3.63, 3.8) is 0 Å². The van der Waals surface area contributed by atoms with Gasteiger partial charge in [0.15, 0.2) is 5.96 Å². The number of nitrogens with zero attached hydrogens (tertiary/aromatic N) is 4. The topological polar surface area (TPSA) is 54.7 Å². The molecule has 0 aliphatic carbocycles. The zero-order valence-corrected chi connectivity index (χ0v) is 17.6. The molecular formula is C23H29N5O. The summed E-state index contributed by atoms with van der Waals surface area (Å²) in [7, 11) is 5.53. The van der Waals surface area contributed by atoms with E-state index in [0.717, 1.165) is 37.2 Å². The van der Waals surface area contributed by atoms with Crippen LogP contribution >= 0.6 is 0 Å². The number of methoxy groups -OCH3 is 1. The standard InChI is InChI=1S/C23H29N5O/c1-18-25-12-13-28(18)17-21-7-5-6-20(14-21)15-26-23(24-2)27(3)16-19-8-10-22(29-4)11-9-19/h5-14H,15-17H2,1-4H3,(H,24,26). The molecule has 0 spiro atoms. The first-order valence-corrected chi connectivity index (χ1v) is 9.69. The smallest absolute Gasteiger partial charge is 0.193 e. The first kappa shape index (κ1) is 20.5. The highest BCUT2D eigenvalue weighted by Crippen LogP contribution is 2.13. The summed E-state index contributed by atoms with van der Waals surface area (Å²) in [5.74, 6) is 2.75. The van der Waals surface area contributed by atoms with Crippen LogP contribution < -0.4 is 10.1 Å². The van der Waals surface area contributed by atoms with Gasteiger partial charge in [-0.3, -0.25) is 4.99 Å². The lowest BCUT2D eigenvalue weighted by atomic mass is 10.1. The van der Waals surface area contributed by atoms with Crippen molar-refractivity contribution in [2.45, 2.75) is 26.6 Å². The van der Waals surface area contributed by atoms with Crippen molar-refractivity contribution in [1.82, 2.24) is 19.8 Å². The van der Waals surface area contributed by atoms with Crippen molar-refractivity contribution in [2.24, 2.45) is 4.99 Å². The molecule has 0 amide bonds. The van der Waals surface area contributed by atoms with Gasteiger partial charge < -0.3 is 19.5 Å². The van der Waals surface area contributed by atoms with Crippen LogP contribution in [0.2, 0.25) is 0 Å². The zero-order chi connectivity index (χ0) is 20.6. The number of imidazole rings is 1. The van der Waals surface area contributed by atoms with E-state index in [9.17, 15) is 0 Å². The number of rotatable bonds is 7. The molecule has 6 nitrogen and oxygen atoms in total. The molecule has 0 aliphatic heterocycles. The van der Waals surface area contributed by atoms with E-state index >= 15 is 0 Å².